The van der Waals surface area contributed by atoms with Crippen LogP contribution < -0.4 is 5.32 Å². The molecule has 80 valence electrons. The Morgan fingerprint density at radius 1 is 1.43 bits per heavy atom. The summed E-state index contributed by atoms with van der Waals surface area (Å²) < 4.78 is 0. The van der Waals surface area contributed by atoms with Gasteiger partial charge in [-0.3, -0.25) is 4.79 Å². The van der Waals surface area contributed by atoms with E-state index in [1.165, 1.54) is 5.57 Å². The molecule has 1 rings (SSSR count). The first kappa shape index (κ1) is 11.2. The number of hydrogen-bond donors (Lipinski definition) is 1. The highest BCUT2D eigenvalue weighted by atomic mass is 16.2. The molecule has 0 bridgehead atoms. The Morgan fingerprint density at radius 3 is 2.43 bits per heavy atom. The molecular weight excluding hydrogens is 176 g/mol. The summed E-state index contributed by atoms with van der Waals surface area (Å²) in [5, 5.41) is 3.16. The maximum atomic E-state index is 11.9. The predicted octanol–water partition coefficient (Wildman–Crippen LogP) is 1.16. The van der Waals surface area contributed by atoms with E-state index in [1.54, 1.807) is 0 Å². The van der Waals surface area contributed by atoms with Crippen molar-refractivity contribution in [1.82, 2.24) is 10.2 Å². The molecular formula is C11H20N2O. The van der Waals surface area contributed by atoms with Gasteiger partial charge in [-0.15, -0.1) is 0 Å². The van der Waals surface area contributed by atoms with Crippen molar-refractivity contribution < 1.29 is 4.79 Å². The molecule has 1 aliphatic heterocycles. The van der Waals surface area contributed by atoms with Crippen molar-refractivity contribution in [3.05, 3.63) is 11.1 Å². The largest absolute Gasteiger partial charge is 0.339 e. The van der Waals surface area contributed by atoms with Crippen LogP contribution in [0.5, 0.6) is 0 Å². The van der Waals surface area contributed by atoms with Gasteiger partial charge in [0.2, 0.25) is 5.91 Å². The molecule has 1 saturated heterocycles. The minimum atomic E-state index is 0.214. The normalized spacial score (nSPS) is 14.9. The van der Waals surface area contributed by atoms with E-state index in [1.807, 2.05) is 18.7 Å². The molecule has 0 radical (unpaired) electrons. The molecule has 0 aliphatic carbocycles. The van der Waals surface area contributed by atoms with Gasteiger partial charge in [-0.1, -0.05) is 6.92 Å². The minimum absolute atomic E-state index is 0.214. The van der Waals surface area contributed by atoms with Crippen LogP contribution in [0, 0.1) is 0 Å². The zero-order valence-corrected chi connectivity index (χ0v) is 9.39. The number of nitrogens with one attached hydrogen (secondary N) is 1. The molecule has 14 heavy (non-hydrogen) atoms. The lowest BCUT2D eigenvalue weighted by atomic mass is 10.0. The zero-order chi connectivity index (χ0) is 10.6. The lowest BCUT2D eigenvalue weighted by molar-refractivity contribution is -0.127. The van der Waals surface area contributed by atoms with E-state index in [0.717, 1.165) is 38.2 Å². The predicted molar refractivity (Wildman–Crippen MR) is 58.1 cm³/mol. The molecule has 1 aliphatic rings. The summed E-state index contributed by atoms with van der Waals surface area (Å²) in [4.78, 5) is 13.9. The van der Waals surface area contributed by atoms with Crippen molar-refractivity contribution in [3.63, 3.8) is 0 Å². The van der Waals surface area contributed by atoms with E-state index < -0.39 is 0 Å². The van der Waals surface area contributed by atoms with Crippen molar-refractivity contribution in [2.75, 3.05) is 26.2 Å². The maximum absolute atomic E-state index is 11.9. The molecule has 3 heteroatoms. The number of amides is 1. The first-order valence-electron chi connectivity index (χ1n) is 5.39. The lowest BCUT2D eigenvalue weighted by Gasteiger charge is -2.26. The van der Waals surface area contributed by atoms with Gasteiger partial charge in [-0.25, -0.2) is 0 Å². The summed E-state index contributed by atoms with van der Waals surface area (Å²) in [5.41, 5.74) is 2.21. The summed E-state index contributed by atoms with van der Waals surface area (Å²) >= 11 is 0. The highest BCUT2D eigenvalue weighted by Crippen LogP contribution is 2.11. The monoisotopic (exact) mass is 196 g/mol. The van der Waals surface area contributed by atoms with Crippen LogP contribution >= 0.6 is 0 Å². The third-order valence-corrected chi connectivity index (χ3v) is 2.69. The summed E-state index contributed by atoms with van der Waals surface area (Å²) in [5.74, 6) is 0.214. The Kier molecular flexibility index (Phi) is 4.14. The van der Waals surface area contributed by atoms with Gasteiger partial charge in [-0.05, 0) is 25.8 Å². The second kappa shape index (κ2) is 5.15. The van der Waals surface area contributed by atoms with Gasteiger partial charge >= 0.3 is 0 Å². The Morgan fingerprint density at radius 2 is 2.07 bits per heavy atom. The Hall–Kier alpha value is -0.830. The van der Waals surface area contributed by atoms with E-state index in [0.29, 0.717) is 0 Å². The summed E-state index contributed by atoms with van der Waals surface area (Å²) in [6, 6.07) is 0. The molecule has 0 spiro atoms. The van der Waals surface area contributed by atoms with Crippen LogP contribution in [0.25, 0.3) is 0 Å². The van der Waals surface area contributed by atoms with Crippen LogP contribution in [-0.4, -0.2) is 37.0 Å². The molecule has 0 atom stereocenters. The Balaban J connectivity index is 2.61. The van der Waals surface area contributed by atoms with Gasteiger partial charge in [0.05, 0.1) is 0 Å². The highest BCUT2D eigenvalue weighted by molar-refractivity contribution is 5.94. The van der Waals surface area contributed by atoms with Gasteiger partial charge in [0.1, 0.15) is 0 Å². The fraction of sp³-hybridized carbons (Fsp3) is 0.727. The number of hydrogen-bond acceptors (Lipinski definition) is 2. The zero-order valence-electron chi connectivity index (χ0n) is 9.39. The number of carbonyl (C=O) groups is 1. The van der Waals surface area contributed by atoms with E-state index in [9.17, 15) is 4.79 Å². The van der Waals surface area contributed by atoms with E-state index in [-0.39, 0.29) is 5.91 Å². The van der Waals surface area contributed by atoms with Crippen molar-refractivity contribution in [2.24, 2.45) is 0 Å². The van der Waals surface area contributed by atoms with E-state index in [2.05, 4.69) is 12.2 Å². The van der Waals surface area contributed by atoms with Crippen LogP contribution in [0.15, 0.2) is 11.1 Å². The standard InChI is InChI=1S/C11H20N2O/c1-4-6-13(5-2)11(14)9(3)10-7-12-8-10/h12H,4-8H2,1-3H3. The highest BCUT2D eigenvalue weighted by Gasteiger charge is 2.19. The second-order valence-electron chi connectivity index (χ2n) is 3.72. The number of nitrogens with zero attached hydrogens (tertiary/aromatic N) is 1. The van der Waals surface area contributed by atoms with Crippen LogP contribution in [0.4, 0.5) is 0 Å². The summed E-state index contributed by atoms with van der Waals surface area (Å²) in [6.45, 7) is 9.53. The Labute approximate surface area is 86.2 Å². The van der Waals surface area contributed by atoms with Crippen LogP contribution in [0.3, 0.4) is 0 Å². The first-order valence-corrected chi connectivity index (χ1v) is 5.39. The second-order valence-corrected chi connectivity index (χ2v) is 3.72. The number of carbonyl (C=O) groups excluding carboxylic acids is 1. The van der Waals surface area contributed by atoms with Crippen molar-refractivity contribution >= 4 is 5.91 Å². The average Bonchev–Trinajstić information content (AvgIpc) is 2.10. The fourth-order valence-electron chi connectivity index (χ4n) is 1.58. The molecule has 3 nitrogen and oxygen atoms in total. The van der Waals surface area contributed by atoms with Crippen LogP contribution in [0.1, 0.15) is 27.2 Å². The molecule has 1 fully saturated rings. The first-order chi connectivity index (χ1) is 6.70. The topological polar surface area (TPSA) is 32.3 Å². The van der Waals surface area contributed by atoms with Gasteiger partial charge in [0.15, 0.2) is 0 Å². The lowest BCUT2D eigenvalue weighted by Crippen LogP contribution is -2.39. The molecule has 1 heterocycles. The van der Waals surface area contributed by atoms with Gasteiger partial charge < -0.3 is 10.2 Å². The third-order valence-electron chi connectivity index (χ3n) is 2.69. The number of rotatable bonds is 4. The fourth-order valence-corrected chi connectivity index (χ4v) is 1.58. The van der Waals surface area contributed by atoms with Crippen molar-refractivity contribution in [1.29, 1.82) is 0 Å². The third kappa shape index (κ3) is 2.35. The minimum Gasteiger partial charge on any atom is -0.339 e. The van der Waals surface area contributed by atoms with Crippen LogP contribution in [-0.2, 0) is 4.79 Å². The SMILES string of the molecule is CCCN(CC)C(=O)C(C)=C1CNC1. The van der Waals surface area contributed by atoms with Gasteiger partial charge in [-0.2, -0.15) is 0 Å². The molecule has 0 unspecified atom stereocenters. The van der Waals surface area contributed by atoms with Gasteiger partial charge in [0, 0.05) is 31.8 Å². The van der Waals surface area contributed by atoms with Gasteiger partial charge in [0.25, 0.3) is 0 Å². The molecule has 0 saturated carbocycles. The quantitative estimate of drug-likeness (QED) is 0.684. The van der Waals surface area contributed by atoms with Crippen molar-refractivity contribution in [3.8, 4) is 0 Å². The molecule has 1 amide bonds. The smallest absolute Gasteiger partial charge is 0.249 e. The molecule has 1 N–H and O–H groups in total. The van der Waals surface area contributed by atoms with Crippen LogP contribution in [0.2, 0.25) is 0 Å². The summed E-state index contributed by atoms with van der Waals surface area (Å²) in [6.07, 6.45) is 1.03. The average molecular weight is 196 g/mol. The molecule has 0 aromatic rings. The van der Waals surface area contributed by atoms with E-state index in [4.69, 9.17) is 0 Å². The van der Waals surface area contributed by atoms with Crippen molar-refractivity contribution in [2.45, 2.75) is 27.2 Å². The molecule has 0 aromatic heterocycles. The maximum Gasteiger partial charge on any atom is 0.249 e. The van der Waals surface area contributed by atoms with E-state index >= 15 is 0 Å². The number of likely N-dealkylation sites (N-methyl/N-ethyl adjacent to an activating group) is 1. The Bertz CT molecular complexity index is 240. The molecule has 0 aromatic carbocycles. The summed E-state index contributed by atoms with van der Waals surface area (Å²) in [7, 11) is 0.